The van der Waals surface area contributed by atoms with E-state index < -0.39 is 0 Å². The standard InChI is InChI=1S/C23H23Cl3N2O3/c1-2-29-21-12-17(14-27-9-10-30-23-5-3-4-8-28-23)19(25)13-22(21)31-15-16-6-7-18(24)20(26)11-16/h3-8,11-13,27H,2,9-10,14-15H2,1H3. The Hall–Kier alpha value is -2.18. The molecule has 8 heteroatoms. The van der Waals surface area contributed by atoms with Crippen LogP contribution >= 0.6 is 34.8 Å². The van der Waals surface area contributed by atoms with Crippen molar-refractivity contribution < 1.29 is 14.2 Å². The zero-order valence-electron chi connectivity index (χ0n) is 17.0. The first kappa shape index (κ1) is 23.5. The van der Waals surface area contributed by atoms with Crippen molar-refractivity contribution in [2.45, 2.75) is 20.1 Å². The Labute approximate surface area is 197 Å². The van der Waals surface area contributed by atoms with Crippen LogP contribution in [0.5, 0.6) is 17.4 Å². The predicted octanol–water partition coefficient (Wildman–Crippen LogP) is 6.19. The number of nitrogens with zero attached hydrogens (tertiary/aromatic N) is 1. The van der Waals surface area contributed by atoms with Crippen LogP contribution in [0.2, 0.25) is 15.1 Å². The smallest absolute Gasteiger partial charge is 0.213 e. The molecule has 3 rings (SSSR count). The summed E-state index contributed by atoms with van der Waals surface area (Å²) in [5, 5.41) is 4.89. The van der Waals surface area contributed by atoms with E-state index in [9.17, 15) is 0 Å². The topological polar surface area (TPSA) is 52.6 Å². The van der Waals surface area contributed by atoms with E-state index in [1.165, 1.54) is 0 Å². The van der Waals surface area contributed by atoms with Crippen LogP contribution in [-0.4, -0.2) is 24.7 Å². The summed E-state index contributed by atoms with van der Waals surface area (Å²) < 4.78 is 17.3. The maximum Gasteiger partial charge on any atom is 0.213 e. The van der Waals surface area contributed by atoms with E-state index in [4.69, 9.17) is 49.0 Å². The van der Waals surface area contributed by atoms with Gasteiger partial charge >= 0.3 is 0 Å². The highest BCUT2D eigenvalue weighted by molar-refractivity contribution is 6.42. The van der Waals surface area contributed by atoms with Crippen LogP contribution in [0, 0.1) is 0 Å². The van der Waals surface area contributed by atoms with Gasteiger partial charge in [-0.25, -0.2) is 4.98 Å². The van der Waals surface area contributed by atoms with Crippen molar-refractivity contribution in [3.05, 3.63) is 80.9 Å². The maximum atomic E-state index is 6.48. The third-order valence-corrected chi connectivity index (χ3v) is 5.36. The molecule has 0 bridgehead atoms. The van der Waals surface area contributed by atoms with Gasteiger partial charge in [0.2, 0.25) is 5.88 Å². The summed E-state index contributed by atoms with van der Waals surface area (Å²) in [6.45, 7) is 4.46. The third kappa shape index (κ3) is 7.18. The number of hydrogen-bond donors (Lipinski definition) is 1. The van der Waals surface area contributed by atoms with E-state index in [0.29, 0.717) is 65.4 Å². The molecular formula is C23H23Cl3N2O3. The quantitative estimate of drug-likeness (QED) is 0.331. The number of benzene rings is 2. The molecule has 0 radical (unpaired) electrons. The van der Waals surface area contributed by atoms with Crippen molar-refractivity contribution >= 4 is 34.8 Å². The molecule has 0 amide bonds. The van der Waals surface area contributed by atoms with E-state index in [-0.39, 0.29) is 0 Å². The van der Waals surface area contributed by atoms with E-state index in [2.05, 4.69) is 10.3 Å². The number of ether oxygens (including phenoxy) is 3. The summed E-state index contributed by atoms with van der Waals surface area (Å²) in [4.78, 5) is 4.12. The largest absolute Gasteiger partial charge is 0.490 e. The van der Waals surface area contributed by atoms with E-state index in [1.807, 2.05) is 37.3 Å². The first-order valence-corrected chi connectivity index (χ1v) is 11.0. The Kier molecular flexibility index (Phi) is 9.10. The number of hydrogen-bond acceptors (Lipinski definition) is 5. The van der Waals surface area contributed by atoms with Gasteiger partial charge in [-0.2, -0.15) is 0 Å². The van der Waals surface area contributed by atoms with Gasteiger partial charge in [0, 0.05) is 36.4 Å². The van der Waals surface area contributed by atoms with Crippen molar-refractivity contribution in [1.82, 2.24) is 10.3 Å². The fourth-order valence-corrected chi connectivity index (χ4v) is 3.31. The number of aromatic nitrogens is 1. The Morgan fingerprint density at radius 1 is 0.871 bits per heavy atom. The summed E-state index contributed by atoms with van der Waals surface area (Å²) in [5.74, 6) is 1.80. The monoisotopic (exact) mass is 480 g/mol. The Balaban J connectivity index is 1.57. The number of rotatable bonds is 11. The number of nitrogens with one attached hydrogen (secondary N) is 1. The summed E-state index contributed by atoms with van der Waals surface area (Å²) in [5.41, 5.74) is 1.80. The van der Waals surface area contributed by atoms with Gasteiger partial charge in [-0.05, 0) is 42.3 Å². The molecule has 0 aliphatic rings. The summed E-state index contributed by atoms with van der Waals surface area (Å²) in [6, 6.07) is 14.6. The maximum absolute atomic E-state index is 6.48. The molecule has 31 heavy (non-hydrogen) atoms. The molecule has 0 aliphatic heterocycles. The summed E-state index contributed by atoms with van der Waals surface area (Å²) >= 11 is 18.5. The minimum Gasteiger partial charge on any atom is -0.490 e. The number of halogens is 3. The molecule has 5 nitrogen and oxygen atoms in total. The first-order chi connectivity index (χ1) is 15.1. The lowest BCUT2D eigenvalue weighted by Crippen LogP contribution is -2.21. The molecule has 3 aromatic rings. The molecule has 1 aromatic heterocycles. The van der Waals surface area contributed by atoms with Gasteiger partial charge in [-0.15, -0.1) is 0 Å². The highest BCUT2D eigenvalue weighted by Crippen LogP contribution is 2.34. The van der Waals surface area contributed by atoms with Crippen molar-refractivity contribution in [3.8, 4) is 17.4 Å². The molecule has 0 aliphatic carbocycles. The summed E-state index contributed by atoms with van der Waals surface area (Å²) in [7, 11) is 0. The van der Waals surface area contributed by atoms with Crippen LogP contribution in [-0.2, 0) is 13.2 Å². The SMILES string of the molecule is CCOc1cc(CNCCOc2ccccn2)c(Cl)cc1OCc1ccc(Cl)c(Cl)c1. The zero-order valence-corrected chi connectivity index (χ0v) is 19.3. The minimum atomic E-state index is 0.315. The molecule has 0 fully saturated rings. The van der Waals surface area contributed by atoms with Crippen LogP contribution in [0.1, 0.15) is 18.1 Å². The van der Waals surface area contributed by atoms with Crippen molar-refractivity contribution in [1.29, 1.82) is 0 Å². The summed E-state index contributed by atoms with van der Waals surface area (Å²) in [6.07, 6.45) is 1.70. The van der Waals surface area contributed by atoms with E-state index in [1.54, 1.807) is 24.4 Å². The second-order valence-corrected chi connectivity index (χ2v) is 7.78. The van der Waals surface area contributed by atoms with E-state index >= 15 is 0 Å². The van der Waals surface area contributed by atoms with Crippen LogP contribution in [0.4, 0.5) is 0 Å². The molecule has 1 N–H and O–H groups in total. The highest BCUT2D eigenvalue weighted by Gasteiger charge is 2.12. The van der Waals surface area contributed by atoms with Gasteiger partial charge in [0.1, 0.15) is 13.2 Å². The average molecular weight is 482 g/mol. The van der Waals surface area contributed by atoms with Gasteiger partial charge in [0.15, 0.2) is 11.5 Å². The van der Waals surface area contributed by atoms with Gasteiger partial charge in [-0.1, -0.05) is 46.9 Å². The Bertz CT molecular complexity index is 987. The molecule has 0 spiro atoms. The van der Waals surface area contributed by atoms with Gasteiger partial charge < -0.3 is 19.5 Å². The molecule has 1 heterocycles. The van der Waals surface area contributed by atoms with Gasteiger partial charge in [0.25, 0.3) is 0 Å². The fourth-order valence-electron chi connectivity index (χ4n) is 2.77. The van der Waals surface area contributed by atoms with Crippen LogP contribution in [0.3, 0.4) is 0 Å². The highest BCUT2D eigenvalue weighted by atomic mass is 35.5. The minimum absolute atomic E-state index is 0.315. The molecule has 2 aromatic carbocycles. The lowest BCUT2D eigenvalue weighted by atomic mass is 10.2. The zero-order chi connectivity index (χ0) is 22.1. The van der Waals surface area contributed by atoms with Crippen LogP contribution < -0.4 is 19.5 Å². The fraction of sp³-hybridized carbons (Fsp3) is 0.261. The third-order valence-electron chi connectivity index (χ3n) is 4.27. The number of pyridine rings is 1. The lowest BCUT2D eigenvalue weighted by molar-refractivity contribution is 0.269. The Morgan fingerprint density at radius 3 is 2.45 bits per heavy atom. The molecule has 0 unspecified atom stereocenters. The van der Waals surface area contributed by atoms with Crippen molar-refractivity contribution in [3.63, 3.8) is 0 Å². The first-order valence-electron chi connectivity index (χ1n) is 9.83. The van der Waals surface area contributed by atoms with Crippen molar-refractivity contribution in [2.75, 3.05) is 19.8 Å². The molecule has 0 atom stereocenters. The normalized spacial score (nSPS) is 10.7. The lowest BCUT2D eigenvalue weighted by Gasteiger charge is -2.15. The molecule has 0 saturated carbocycles. The van der Waals surface area contributed by atoms with Crippen molar-refractivity contribution in [2.24, 2.45) is 0 Å². The second-order valence-electron chi connectivity index (χ2n) is 6.55. The molecule has 0 saturated heterocycles. The average Bonchev–Trinajstić information content (AvgIpc) is 2.77. The van der Waals surface area contributed by atoms with Crippen LogP contribution in [0.15, 0.2) is 54.7 Å². The second kappa shape index (κ2) is 12.0. The van der Waals surface area contributed by atoms with Gasteiger partial charge in [-0.3, -0.25) is 0 Å². The van der Waals surface area contributed by atoms with Crippen LogP contribution in [0.25, 0.3) is 0 Å². The molecule has 164 valence electrons. The van der Waals surface area contributed by atoms with E-state index in [0.717, 1.165) is 11.1 Å². The molecular weight excluding hydrogens is 459 g/mol. The Morgan fingerprint density at radius 2 is 1.71 bits per heavy atom. The predicted molar refractivity (Wildman–Crippen MR) is 125 cm³/mol. The van der Waals surface area contributed by atoms with Gasteiger partial charge in [0.05, 0.1) is 16.7 Å².